The molecular weight excluding hydrogens is 372 g/mol. The maximum atomic E-state index is 11.4. The SMILES string of the molecule is CCN(C(=O)O)c1cc(-c2cn(C(C)C)nc2-c2ccc(Cl)s2)ccn1. The van der Waals surface area contributed by atoms with Crippen molar-refractivity contribution in [3.8, 4) is 21.7 Å². The quantitative estimate of drug-likeness (QED) is 0.632. The molecule has 0 saturated heterocycles. The van der Waals surface area contributed by atoms with Crippen molar-refractivity contribution in [1.29, 1.82) is 0 Å². The largest absolute Gasteiger partial charge is 0.465 e. The summed E-state index contributed by atoms with van der Waals surface area (Å²) < 4.78 is 2.59. The Morgan fingerprint density at radius 2 is 2.15 bits per heavy atom. The van der Waals surface area contributed by atoms with Crippen molar-refractivity contribution in [3.05, 3.63) is 41.0 Å². The Morgan fingerprint density at radius 3 is 2.73 bits per heavy atom. The average Bonchev–Trinajstić information content (AvgIpc) is 3.21. The summed E-state index contributed by atoms with van der Waals surface area (Å²) in [6.07, 6.45) is 2.57. The van der Waals surface area contributed by atoms with Gasteiger partial charge in [-0.25, -0.2) is 9.78 Å². The zero-order valence-electron chi connectivity index (χ0n) is 14.7. The van der Waals surface area contributed by atoms with Crippen LogP contribution in [0.2, 0.25) is 4.34 Å². The summed E-state index contributed by atoms with van der Waals surface area (Å²) in [6, 6.07) is 7.63. The van der Waals surface area contributed by atoms with Crippen molar-refractivity contribution >= 4 is 34.8 Å². The molecule has 0 fully saturated rings. The molecule has 0 aliphatic carbocycles. The highest BCUT2D eigenvalue weighted by atomic mass is 35.5. The van der Waals surface area contributed by atoms with Gasteiger partial charge in [-0.15, -0.1) is 11.3 Å². The monoisotopic (exact) mass is 390 g/mol. The van der Waals surface area contributed by atoms with Crippen LogP contribution in [0.5, 0.6) is 0 Å². The lowest BCUT2D eigenvalue weighted by atomic mass is 10.1. The Bertz CT molecular complexity index is 935. The van der Waals surface area contributed by atoms with E-state index in [1.807, 2.05) is 29.1 Å². The third-order valence-electron chi connectivity index (χ3n) is 3.95. The van der Waals surface area contributed by atoms with Gasteiger partial charge >= 0.3 is 6.09 Å². The van der Waals surface area contributed by atoms with Crippen LogP contribution in [0.3, 0.4) is 0 Å². The molecule has 0 radical (unpaired) electrons. The average molecular weight is 391 g/mol. The molecule has 3 heterocycles. The summed E-state index contributed by atoms with van der Waals surface area (Å²) in [6.45, 7) is 6.22. The van der Waals surface area contributed by atoms with Gasteiger partial charge in [-0.1, -0.05) is 11.6 Å². The lowest BCUT2D eigenvalue weighted by Gasteiger charge is -2.16. The van der Waals surface area contributed by atoms with E-state index >= 15 is 0 Å². The van der Waals surface area contributed by atoms with Crippen molar-refractivity contribution < 1.29 is 9.90 Å². The number of amides is 1. The molecule has 0 spiro atoms. The molecule has 8 heteroatoms. The summed E-state index contributed by atoms with van der Waals surface area (Å²) in [5, 5.41) is 14.1. The van der Waals surface area contributed by atoms with E-state index in [0.29, 0.717) is 16.7 Å². The number of carboxylic acid groups (broad SMARTS) is 1. The number of pyridine rings is 1. The predicted molar refractivity (Wildman–Crippen MR) is 105 cm³/mol. The Hall–Kier alpha value is -2.38. The minimum absolute atomic E-state index is 0.199. The molecule has 136 valence electrons. The topological polar surface area (TPSA) is 71.2 Å². The second kappa shape index (κ2) is 7.47. The van der Waals surface area contributed by atoms with Crippen molar-refractivity contribution in [2.24, 2.45) is 0 Å². The third kappa shape index (κ3) is 3.59. The number of thiophene rings is 1. The molecule has 0 atom stereocenters. The zero-order chi connectivity index (χ0) is 18.8. The Labute approximate surface area is 160 Å². The molecule has 1 amide bonds. The first-order valence-corrected chi connectivity index (χ1v) is 9.42. The number of rotatable bonds is 5. The van der Waals surface area contributed by atoms with E-state index in [2.05, 4.69) is 18.8 Å². The first kappa shape index (κ1) is 18.4. The highest BCUT2D eigenvalue weighted by Gasteiger charge is 2.19. The summed E-state index contributed by atoms with van der Waals surface area (Å²) >= 11 is 7.56. The fraction of sp³-hybridized carbons (Fsp3) is 0.278. The summed E-state index contributed by atoms with van der Waals surface area (Å²) in [4.78, 5) is 17.8. The molecule has 6 nitrogen and oxygen atoms in total. The fourth-order valence-corrected chi connectivity index (χ4v) is 3.66. The van der Waals surface area contributed by atoms with Gasteiger partial charge in [0.1, 0.15) is 11.5 Å². The van der Waals surface area contributed by atoms with E-state index in [1.54, 1.807) is 19.2 Å². The van der Waals surface area contributed by atoms with E-state index in [9.17, 15) is 9.90 Å². The highest BCUT2D eigenvalue weighted by Crippen LogP contribution is 2.37. The van der Waals surface area contributed by atoms with Crippen molar-refractivity contribution in [2.45, 2.75) is 26.8 Å². The predicted octanol–water partition coefficient (Wildman–Crippen LogP) is 5.41. The molecule has 0 unspecified atom stereocenters. The third-order valence-corrected chi connectivity index (χ3v) is 5.19. The molecule has 3 aromatic rings. The van der Waals surface area contributed by atoms with Crippen molar-refractivity contribution in [1.82, 2.24) is 14.8 Å². The van der Waals surface area contributed by atoms with E-state index in [1.165, 1.54) is 16.2 Å². The number of anilines is 1. The van der Waals surface area contributed by atoms with Gasteiger partial charge in [0.2, 0.25) is 0 Å². The van der Waals surface area contributed by atoms with Crippen molar-refractivity contribution in [2.75, 3.05) is 11.4 Å². The number of halogens is 1. The number of hydrogen-bond donors (Lipinski definition) is 1. The molecule has 1 N–H and O–H groups in total. The lowest BCUT2D eigenvalue weighted by Crippen LogP contribution is -2.29. The fourth-order valence-electron chi connectivity index (χ4n) is 2.62. The standard InChI is InChI=1S/C18H19ClN4O2S/c1-4-22(18(24)25)16-9-12(7-8-20-16)13-10-23(11(2)3)21-17(13)14-5-6-15(19)26-14/h5-11H,4H2,1-3H3,(H,24,25). The van der Waals surface area contributed by atoms with E-state index in [-0.39, 0.29) is 6.04 Å². The van der Waals surface area contributed by atoms with Crippen molar-refractivity contribution in [3.63, 3.8) is 0 Å². The molecule has 26 heavy (non-hydrogen) atoms. The number of carbonyl (C=O) groups is 1. The van der Waals surface area contributed by atoms with Crippen LogP contribution in [0.1, 0.15) is 26.8 Å². The van der Waals surface area contributed by atoms with Gasteiger partial charge in [0, 0.05) is 30.5 Å². The summed E-state index contributed by atoms with van der Waals surface area (Å²) in [5.74, 6) is 0.393. The zero-order valence-corrected chi connectivity index (χ0v) is 16.3. The van der Waals surface area contributed by atoms with E-state index < -0.39 is 6.09 Å². The van der Waals surface area contributed by atoms with Gasteiger partial charge in [0.05, 0.1) is 9.21 Å². The van der Waals surface area contributed by atoms with Gasteiger partial charge in [-0.2, -0.15) is 5.10 Å². The minimum Gasteiger partial charge on any atom is -0.465 e. The first-order chi connectivity index (χ1) is 12.4. The van der Waals surface area contributed by atoms with E-state index in [0.717, 1.165) is 21.7 Å². The smallest absolute Gasteiger partial charge is 0.412 e. The van der Waals surface area contributed by atoms with Crippen LogP contribution in [-0.4, -0.2) is 32.5 Å². The molecule has 0 aliphatic heterocycles. The molecule has 0 bridgehead atoms. The number of aromatic nitrogens is 3. The van der Waals surface area contributed by atoms with Gasteiger partial charge in [0.25, 0.3) is 0 Å². The Morgan fingerprint density at radius 1 is 1.38 bits per heavy atom. The molecule has 3 rings (SSSR count). The van der Waals surface area contributed by atoms with Gasteiger partial charge < -0.3 is 5.11 Å². The molecular formula is C18H19ClN4O2S. The van der Waals surface area contributed by atoms with Crippen LogP contribution in [0, 0.1) is 0 Å². The van der Waals surface area contributed by atoms with Crippen LogP contribution in [0.15, 0.2) is 36.7 Å². The van der Waals surface area contributed by atoms with Gasteiger partial charge in [-0.3, -0.25) is 9.58 Å². The second-order valence-corrected chi connectivity index (χ2v) is 7.71. The van der Waals surface area contributed by atoms with Crippen LogP contribution in [0.4, 0.5) is 10.6 Å². The maximum absolute atomic E-state index is 11.4. The van der Waals surface area contributed by atoms with Gasteiger partial charge in [0.15, 0.2) is 0 Å². The summed E-state index contributed by atoms with van der Waals surface area (Å²) in [7, 11) is 0. The first-order valence-electron chi connectivity index (χ1n) is 8.22. The molecule has 3 aromatic heterocycles. The normalized spacial score (nSPS) is 11.1. The molecule has 0 aromatic carbocycles. The number of hydrogen-bond acceptors (Lipinski definition) is 4. The van der Waals surface area contributed by atoms with Crippen LogP contribution in [-0.2, 0) is 0 Å². The van der Waals surface area contributed by atoms with Crippen LogP contribution >= 0.6 is 22.9 Å². The van der Waals surface area contributed by atoms with E-state index in [4.69, 9.17) is 16.7 Å². The summed E-state index contributed by atoms with van der Waals surface area (Å²) in [5.41, 5.74) is 2.61. The van der Waals surface area contributed by atoms with Gasteiger partial charge in [-0.05, 0) is 50.6 Å². The Balaban J connectivity index is 2.13. The Kier molecular flexibility index (Phi) is 5.29. The van der Waals surface area contributed by atoms with Crippen LogP contribution < -0.4 is 4.90 Å². The highest BCUT2D eigenvalue weighted by molar-refractivity contribution is 7.19. The molecule has 0 aliphatic rings. The van der Waals surface area contributed by atoms with Crippen LogP contribution in [0.25, 0.3) is 21.7 Å². The second-order valence-electron chi connectivity index (χ2n) is 6.00. The minimum atomic E-state index is -1.03. The molecule has 0 saturated carbocycles. The lowest BCUT2D eigenvalue weighted by molar-refractivity contribution is 0.202. The maximum Gasteiger partial charge on any atom is 0.412 e. The number of nitrogens with zero attached hydrogens (tertiary/aromatic N) is 4.